The molecule has 4 nitrogen and oxygen atoms in total. The highest BCUT2D eigenvalue weighted by molar-refractivity contribution is 5.82. The number of nitrogens with two attached hydrogens (primary N) is 1. The van der Waals surface area contributed by atoms with E-state index in [1.165, 1.54) is 12.8 Å². The molecule has 3 N–H and O–H groups in total. The van der Waals surface area contributed by atoms with Crippen LogP contribution in [0.25, 0.3) is 0 Å². The van der Waals surface area contributed by atoms with Gasteiger partial charge in [0.15, 0.2) is 0 Å². The van der Waals surface area contributed by atoms with Crippen LogP contribution in [0.15, 0.2) is 0 Å². The third-order valence-corrected chi connectivity index (χ3v) is 4.30. The molecule has 1 aliphatic rings. The lowest BCUT2D eigenvalue weighted by Gasteiger charge is -2.29. The number of nitrogens with one attached hydrogen (secondary N) is 1. The van der Waals surface area contributed by atoms with Crippen molar-refractivity contribution in [3.05, 3.63) is 0 Å². The first-order valence-electron chi connectivity index (χ1n) is 8.17. The molecule has 118 valence electrons. The number of carbonyl (C=O) groups excluding carboxylic acids is 1. The predicted molar refractivity (Wildman–Crippen MR) is 82.5 cm³/mol. The first-order valence-corrected chi connectivity index (χ1v) is 8.17. The molecule has 0 spiro atoms. The van der Waals surface area contributed by atoms with Crippen LogP contribution in [0, 0.1) is 11.3 Å². The molecule has 0 unspecified atom stereocenters. The van der Waals surface area contributed by atoms with Gasteiger partial charge in [-0.2, -0.15) is 0 Å². The van der Waals surface area contributed by atoms with Crippen LogP contribution in [-0.4, -0.2) is 32.2 Å². The van der Waals surface area contributed by atoms with Crippen LogP contribution < -0.4 is 11.1 Å². The number of rotatable bonds is 8. The Kier molecular flexibility index (Phi) is 8.15. The van der Waals surface area contributed by atoms with Gasteiger partial charge < -0.3 is 15.8 Å². The number of carbonyl (C=O) groups is 1. The summed E-state index contributed by atoms with van der Waals surface area (Å²) >= 11 is 0. The molecule has 0 aromatic rings. The zero-order chi connectivity index (χ0) is 14.8. The van der Waals surface area contributed by atoms with Gasteiger partial charge in [-0.05, 0) is 25.2 Å². The van der Waals surface area contributed by atoms with E-state index in [2.05, 4.69) is 19.2 Å². The molecule has 0 heterocycles. The van der Waals surface area contributed by atoms with Crippen molar-refractivity contribution in [3.63, 3.8) is 0 Å². The summed E-state index contributed by atoms with van der Waals surface area (Å²) in [5, 5.41) is 3.02. The molecule has 1 rings (SSSR count). The molecular weight excluding hydrogens is 252 g/mol. The molecule has 1 aliphatic carbocycles. The molecule has 0 atom stereocenters. The van der Waals surface area contributed by atoms with E-state index in [1.807, 2.05) is 0 Å². The van der Waals surface area contributed by atoms with E-state index in [0.29, 0.717) is 25.6 Å². The Bertz CT molecular complexity index is 272. The van der Waals surface area contributed by atoms with E-state index in [9.17, 15) is 4.79 Å². The van der Waals surface area contributed by atoms with E-state index < -0.39 is 0 Å². The number of hydrogen-bond acceptors (Lipinski definition) is 3. The molecule has 0 saturated heterocycles. The third kappa shape index (κ3) is 5.80. The molecule has 0 aromatic heterocycles. The van der Waals surface area contributed by atoms with Gasteiger partial charge >= 0.3 is 0 Å². The average Bonchev–Trinajstić information content (AvgIpc) is 2.68. The van der Waals surface area contributed by atoms with Gasteiger partial charge in [-0.15, -0.1) is 0 Å². The highest BCUT2D eigenvalue weighted by Crippen LogP contribution is 2.34. The fourth-order valence-corrected chi connectivity index (χ4v) is 2.77. The van der Waals surface area contributed by atoms with Crippen molar-refractivity contribution in [1.29, 1.82) is 0 Å². The first-order chi connectivity index (χ1) is 9.60. The van der Waals surface area contributed by atoms with Gasteiger partial charge in [0.05, 0.1) is 12.0 Å². The van der Waals surface area contributed by atoms with Crippen molar-refractivity contribution in [2.75, 3.05) is 26.3 Å². The van der Waals surface area contributed by atoms with Crippen molar-refractivity contribution >= 4 is 5.91 Å². The highest BCUT2D eigenvalue weighted by Gasteiger charge is 2.36. The monoisotopic (exact) mass is 284 g/mol. The Morgan fingerprint density at radius 1 is 1.20 bits per heavy atom. The van der Waals surface area contributed by atoms with Gasteiger partial charge in [-0.25, -0.2) is 0 Å². The fraction of sp³-hybridized carbons (Fsp3) is 0.938. The quantitative estimate of drug-likeness (QED) is 0.531. The molecule has 0 aromatic carbocycles. The normalized spacial score (nSPS) is 18.8. The molecular formula is C16H32N2O2. The fourth-order valence-electron chi connectivity index (χ4n) is 2.77. The van der Waals surface area contributed by atoms with Gasteiger partial charge in [-0.1, -0.05) is 39.5 Å². The van der Waals surface area contributed by atoms with E-state index in [-0.39, 0.29) is 11.3 Å². The number of amides is 1. The Morgan fingerprint density at radius 3 is 2.40 bits per heavy atom. The van der Waals surface area contributed by atoms with Crippen LogP contribution in [0.2, 0.25) is 0 Å². The topological polar surface area (TPSA) is 64.3 Å². The maximum atomic E-state index is 12.4. The first kappa shape index (κ1) is 17.4. The second-order valence-electron chi connectivity index (χ2n) is 6.45. The van der Waals surface area contributed by atoms with Crippen molar-refractivity contribution in [3.8, 4) is 0 Å². The maximum absolute atomic E-state index is 12.4. The van der Waals surface area contributed by atoms with Crippen molar-refractivity contribution in [1.82, 2.24) is 5.32 Å². The minimum atomic E-state index is -0.325. The molecule has 0 bridgehead atoms. The number of hydrogen-bond donors (Lipinski definition) is 2. The van der Waals surface area contributed by atoms with E-state index in [4.69, 9.17) is 10.5 Å². The second-order valence-corrected chi connectivity index (χ2v) is 6.45. The van der Waals surface area contributed by atoms with Gasteiger partial charge in [-0.3, -0.25) is 4.79 Å². The SMILES string of the molecule is CC(C)CCOCCNC(=O)C1(CN)CCCCCC1. The minimum absolute atomic E-state index is 0.134. The van der Waals surface area contributed by atoms with Crippen LogP contribution in [-0.2, 0) is 9.53 Å². The van der Waals surface area contributed by atoms with Crippen molar-refractivity contribution in [2.24, 2.45) is 17.1 Å². The average molecular weight is 284 g/mol. The zero-order valence-electron chi connectivity index (χ0n) is 13.2. The van der Waals surface area contributed by atoms with E-state index >= 15 is 0 Å². The van der Waals surface area contributed by atoms with Crippen LogP contribution in [0.4, 0.5) is 0 Å². The summed E-state index contributed by atoms with van der Waals surface area (Å²) in [5.41, 5.74) is 5.58. The second kappa shape index (κ2) is 9.35. The Morgan fingerprint density at radius 2 is 1.85 bits per heavy atom. The maximum Gasteiger partial charge on any atom is 0.227 e. The standard InChI is InChI=1S/C16H32N2O2/c1-14(2)7-11-20-12-10-18-15(19)16(13-17)8-5-3-4-6-9-16/h14H,3-13,17H2,1-2H3,(H,18,19). The summed E-state index contributed by atoms with van der Waals surface area (Å²) in [5.74, 6) is 0.797. The summed E-state index contributed by atoms with van der Waals surface area (Å²) in [6.45, 7) is 6.80. The van der Waals surface area contributed by atoms with Gasteiger partial charge in [0.1, 0.15) is 0 Å². The Hall–Kier alpha value is -0.610. The Balaban J connectivity index is 2.25. The third-order valence-electron chi connectivity index (χ3n) is 4.30. The van der Waals surface area contributed by atoms with E-state index in [0.717, 1.165) is 38.7 Å². The molecule has 0 radical (unpaired) electrons. The van der Waals surface area contributed by atoms with Crippen LogP contribution in [0.5, 0.6) is 0 Å². The van der Waals surface area contributed by atoms with E-state index in [1.54, 1.807) is 0 Å². The lowest BCUT2D eigenvalue weighted by molar-refractivity contribution is -0.131. The molecule has 4 heteroatoms. The van der Waals surface area contributed by atoms with Gasteiger partial charge in [0, 0.05) is 19.7 Å². The predicted octanol–water partition coefficient (Wildman–Crippen LogP) is 2.46. The largest absolute Gasteiger partial charge is 0.380 e. The summed E-state index contributed by atoms with van der Waals surface area (Å²) < 4.78 is 5.53. The van der Waals surface area contributed by atoms with Crippen LogP contribution in [0.1, 0.15) is 58.8 Å². The summed E-state index contributed by atoms with van der Waals surface area (Å²) in [4.78, 5) is 12.4. The van der Waals surface area contributed by atoms with Crippen molar-refractivity contribution < 1.29 is 9.53 Å². The number of ether oxygens (including phenoxy) is 1. The summed E-state index contributed by atoms with van der Waals surface area (Å²) in [6, 6.07) is 0. The molecule has 20 heavy (non-hydrogen) atoms. The molecule has 1 saturated carbocycles. The van der Waals surface area contributed by atoms with Gasteiger partial charge in [0.2, 0.25) is 5.91 Å². The van der Waals surface area contributed by atoms with Gasteiger partial charge in [0.25, 0.3) is 0 Å². The molecule has 0 aliphatic heterocycles. The highest BCUT2D eigenvalue weighted by atomic mass is 16.5. The van der Waals surface area contributed by atoms with Crippen LogP contribution in [0.3, 0.4) is 0 Å². The summed E-state index contributed by atoms with van der Waals surface area (Å²) in [7, 11) is 0. The smallest absolute Gasteiger partial charge is 0.227 e. The summed E-state index contributed by atoms with van der Waals surface area (Å²) in [6.07, 6.45) is 7.64. The minimum Gasteiger partial charge on any atom is -0.380 e. The van der Waals surface area contributed by atoms with Crippen LogP contribution >= 0.6 is 0 Å². The lowest BCUT2D eigenvalue weighted by atomic mass is 9.79. The lowest BCUT2D eigenvalue weighted by Crippen LogP contribution is -2.46. The Labute approximate surface area is 123 Å². The van der Waals surface area contributed by atoms with Crippen molar-refractivity contribution in [2.45, 2.75) is 58.8 Å². The molecule has 1 amide bonds. The zero-order valence-corrected chi connectivity index (χ0v) is 13.2. The molecule has 1 fully saturated rings.